The van der Waals surface area contributed by atoms with Crippen molar-refractivity contribution in [3.05, 3.63) is 101 Å². The van der Waals surface area contributed by atoms with E-state index in [9.17, 15) is 4.79 Å². The molecule has 32 heavy (non-hydrogen) atoms. The van der Waals surface area contributed by atoms with Crippen molar-refractivity contribution in [2.45, 2.75) is 32.6 Å². The van der Waals surface area contributed by atoms with Gasteiger partial charge in [-0.3, -0.25) is 0 Å². The van der Waals surface area contributed by atoms with Crippen LogP contribution in [-0.4, -0.2) is 32.9 Å². The van der Waals surface area contributed by atoms with Gasteiger partial charge in [-0.2, -0.15) is 0 Å². The van der Waals surface area contributed by atoms with Crippen LogP contribution >= 0.6 is 0 Å². The Morgan fingerprint density at radius 3 is 2.19 bits per heavy atom. The molecule has 4 heteroatoms. The van der Waals surface area contributed by atoms with Crippen LogP contribution in [0.15, 0.2) is 84.4 Å². The van der Waals surface area contributed by atoms with Gasteiger partial charge in [-0.15, -0.1) is 0 Å². The molecule has 0 saturated carbocycles. The second-order valence-corrected chi connectivity index (χ2v) is 10.7. The third kappa shape index (κ3) is 4.39. The Balaban J connectivity index is 1.70. The summed E-state index contributed by atoms with van der Waals surface area (Å²) >= 11 is 0.224. The number of benzene rings is 3. The standard InChI is InChI=1S/C28H29NO2Se/c1-20-10-14-23(15-11-20)26-21(2)28(3,19-32-25-8-6-5-7-9-25)27(30)29(26)18-22-12-16-24(31-4)17-13-22/h5-17H,18-19H2,1-4H3. The van der Waals surface area contributed by atoms with Gasteiger partial charge < -0.3 is 0 Å². The van der Waals surface area contributed by atoms with Crippen LogP contribution in [-0.2, 0) is 11.3 Å². The van der Waals surface area contributed by atoms with Gasteiger partial charge in [0, 0.05) is 0 Å². The minimum absolute atomic E-state index is 0.194. The van der Waals surface area contributed by atoms with Gasteiger partial charge in [0.1, 0.15) is 0 Å². The van der Waals surface area contributed by atoms with Crippen molar-refractivity contribution < 1.29 is 9.53 Å². The summed E-state index contributed by atoms with van der Waals surface area (Å²) in [7, 11) is 1.67. The van der Waals surface area contributed by atoms with Crippen LogP contribution in [0.5, 0.6) is 5.75 Å². The van der Waals surface area contributed by atoms with Gasteiger partial charge in [0.2, 0.25) is 0 Å². The van der Waals surface area contributed by atoms with E-state index < -0.39 is 5.41 Å². The monoisotopic (exact) mass is 491 g/mol. The van der Waals surface area contributed by atoms with Crippen molar-refractivity contribution in [3.8, 4) is 5.75 Å². The van der Waals surface area contributed by atoms with E-state index in [-0.39, 0.29) is 20.9 Å². The van der Waals surface area contributed by atoms with Crippen LogP contribution in [0.25, 0.3) is 5.70 Å². The Morgan fingerprint density at radius 1 is 0.906 bits per heavy atom. The topological polar surface area (TPSA) is 29.5 Å². The molecule has 0 aliphatic carbocycles. The van der Waals surface area contributed by atoms with E-state index in [0.717, 1.165) is 33.5 Å². The van der Waals surface area contributed by atoms with Crippen LogP contribution in [0.3, 0.4) is 0 Å². The summed E-state index contributed by atoms with van der Waals surface area (Å²) in [4.78, 5) is 15.9. The molecule has 1 aliphatic rings. The number of carbonyl (C=O) groups excluding carboxylic acids is 1. The molecular formula is C28H29NO2Se. The van der Waals surface area contributed by atoms with Crippen molar-refractivity contribution in [1.82, 2.24) is 4.90 Å². The van der Waals surface area contributed by atoms with Gasteiger partial charge in [0.25, 0.3) is 0 Å². The first kappa shape index (κ1) is 22.4. The maximum absolute atomic E-state index is 13.9. The number of ether oxygens (including phenoxy) is 1. The van der Waals surface area contributed by atoms with Gasteiger partial charge in [-0.1, -0.05) is 0 Å². The molecule has 0 aromatic heterocycles. The molecule has 0 fully saturated rings. The number of carbonyl (C=O) groups is 1. The second kappa shape index (κ2) is 9.36. The molecule has 1 amide bonds. The quantitative estimate of drug-likeness (QED) is 0.425. The summed E-state index contributed by atoms with van der Waals surface area (Å²) in [6.45, 7) is 6.91. The van der Waals surface area contributed by atoms with Crippen molar-refractivity contribution in [2.24, 2.45) is 5.41 Å². The van der Waals surface area contributed by atoms with E-state index in [2.05, 4.69) is 69.3 Å². The van der Waals surface area contributed by atoms with E-state index in [1.54, 1.807) is 7.11 Å². The fourth-order valence-electron chi connectivity index (χ4n) is 4.09. The Kier molecular flexibility index (Phi) is 6.55. The fourth-order valence-corrected chi connectivity index (χ4v) is 6.49. The predicted octanol–water partition coefficient (Wildman–Crippen LogP) is 5.23. The maximum atomic E-state index is 13.9. The molecule has 0 spiro atoms. The molecular weight excluding hydrogens is 461 g/mol. The van der Waals surface area contributed by atoms with E-state index in [0.29, 0.717) is 6.54 Å². The average Bonchev–Trinajstić information content (AvgIpc) is 3.00. The molecule has 1 heterocycles. The molecule has 0 radical (unpaired) electrons. The van der Waals surface area contributed by atoms with Gasteiger partial charge >= 0.3 is 197 Å². The number of amides is 1. The second-order valence-electron chi connectivity index (χ2n) is 8.51. The van der Waals surface area contributed by atoms with Crippen LogP contribution in [0.4, 0.5) is 0 Å². The minimum atomic E-state index is -0.497. The number of aryl methyl sites for hydroxylation is 1. The first-order valence-corrected chi connectivity index (χ1v) is 12.9. The predicted molar refractivity (Wildman–Crippen MR) is 132 cm³/mol. The van der Waals surface area contributed by atoms with Gasteiger partial charge in [-0.05, 0) is 0 Å². The van der Waals surface area contributed by atoms with Gasteiger partial charge in [-0.25, -0.2) is 0 Å². The van der Waals surface area contributed by atoms with E-state index >= 15 is 0 Å². The number of hydrogen-bond acceptors (Lipinski definition) is 2. The number of hydrogen-bond donors (Lipinski definition) is 0. The zero-order valence-corrected chi connectivity index (χ0v) is 20.8. The Hall–Kier alpha value is -2.81. The molecule has 1 aliphatic heterocycles. The van der Waals surface area contributed by atoms with Crippen LogP contribution in [0, 0.1) is 12.3 Å². The van der Waals surface area contributed by atoms with Crippen LogP contribution in [0.2, 0.25) is 5.32 Å². The number of nitrogens with zero attached hydrogens (tertiary/aromatic N) is 1. The van der Waals surface area contributed by atoms with Crippen molar-refractivity contribution in [1.29, 1.82) is 0 Å². The molecule has 0 bridgehead atoms. The van der Waals surface area contributed by atoms with Gasteiger partial charge in [0.15, 0.2) is 0 Å². The van der Waals surface area contributed by atoms with Crippen molar-refractivity contribution in [3.63, 3.8) is 0 Å². The molecule has 3 aromatic carbocycles. The summed E-state index contributed by atoms with van der Waals surface area (Å²) in [5, 5.41) is 0.850. The fraction of sp³-hybridized carbons (Fsp3) is 0.250. The summed E-state index contributed by atoms with van der Waals surface area (Å²) in [5.74, 6) is 1.02. The van der Waals surface area contributed by atoms with E-state index in [1.165, 1.54) is 10.0 Å². The molecule has 4 rings (SSSR count). The average molecular weight is 491 g/mol. The van der Waals surface area contributed by atoms with Crippen molar-refractivity contribution in [2.75, 3.05) is 7.11 Å². The molecule has 0 saturated heterocycles. The molecule has 164 valence electrons. The van der Waals surface area contributed by atoms with E-state index in [1.807, 2.05) is 35.2 Å². The summed E-state index contributed by atoms with van der Waals surface area (Å²) < 4.78 is 6.62. The Bertz CT molecular complexity index is 1120. The Labute approximate surface area is 197 Å². The third-order valence-electron chi connectivity index (χ3n) is 6.27. The zero-order valence-electron chi connectivity index (χ0n) is 19.1. The number of rotatable bonds is 7. The van der Waals surface area contributed by atoms with E-state index in [4.69, 9.17) is 4.74 Å². The summed E-state index contributed by atoms with van der Waals surface area (Å²) in [6, 6.07) is 27.0. The van der Waals surface area contributed by atoms with Crippen LogP contribution in [0.1, 0.15) is 30.5 Å². The summed E-state index contributed by atoms with van der Waals surface area (Å²) in [6.07, 6.45) is 0. The van der Waals surface area contributed by atoms with Crippen LogP contribution < -0.4 is 9.20 Å². The molecule has 0 N–H and O–H groups in total. The number of methoxy groups -OCH3 is 1. The molecule has 3 aromatic rings. The molecule has 3 nitrogen and oxygen atoms in total. The SMILES string of the molecule is COc1ccc(CN2C(=O)C(C)(C[Se]c3ccccc3)C(C)=C2c2ccc(C)cc2)cc1. The normalized spacial score (nSPS) is 18.4. The zero-order chi connectivity index (χ0) is 22.7. The molecule has 1 atom stereocenters. The summed E-state index contributed by atoms with van der Waals surface area (Å²) in [5.41, 5.74) is 5.13. The van der Waals surface area contributed by atoms with Gasteiger partial charge in [0.05, 0.1) is 0 Å². The third-order valence-corrected chi connectivity index (χ3v) is 9.05. The first-order chi connectivity index (χ1) is 15.4. The van der Waals surface area contributed by atoms with Crippen molar-refractivity contribution >= 4 is 31.0 Å². The first-order valence-electron chi connectivity index (χ1n) is 10.8. The Morgan fingerprint density at radius 2 is 1.56 bits per heavy atom. The molecule has 1 unspecified atom stereocenters.